The molecule has 0 aliphatic carbocycles. The molecule has 0 fully saturated rings. The van der Waals surface area contributed by atoms with Gasteiger partial charge in [0, 0.05) is 0 Å². The predicted molar refractivity (Wildman–Crippen MR) is 72.1 cm³/mol. The average molecular weight is 239 g/mol. The van der Waals surface area contributed by atoms with Gasteiger partial charge in [-0.15, -0.1) is 11.3 Å². The Labute approximate surface area is 99.9 Å². The van der Waals surface area contributed by atoms with Gasteiger partial charge in [-0.1, -0.05) is 38.6 Å². The van der Waals surface area contributed by atoms with Crippen molar-refractivity contribution in [3.8, 4) is 0 Å². The van der Waals surface area contributed by atoms with Crippen LogP contribution < -0.4 is 0 Å². The Kier molecular flexibility index (Phi) is 5.12. The molecule has 0 spiro atoms. The third-order valence-corrected chi connectivity index (χ3v) is 3.84. The maximum absolute atomic E-state index is 4.53. The summed E-state index contributed by atoms with van der Waals surface area (Å²) < 4.78 is 2.49. The molecule has 0 amide bonds. The Balaban J connectivity index is 0.000000531. The zero-order chi connectivity index (χ0) is 11.3. The summed E-state index contributed by atoms with van der Waals surface area (Å²) in [6.07, 6.45) is 0. The molecule has 0 bridgehead atoms. The molecule has 0 aliphatic heterocycles. The van der Waals surface area contributed by atoms with Crippen molar-refractivity contribution in [2.75, 3.05) is 5.75 Å². The van der Waals surface area contributed by atoms with Crippen LogP contribution >= 0.6 is 23.1 Å². The van der Waals surface area contributed by atoms with Crippen LogP contribution in [-0.4, -0.2) is 10.7 Å². The van der Waals surface area contributed by atoms with E-state index in [1.807, 2.05) is 25.6 Å². The number of aromatic nitrogens is 1. The summed E-state index contributed by atoms with van der Waals surface area (Å²) in [5, 5.41) is 0. The molecule has 1 heterocycles. The first-order chi connectivity index (χ1) is 7.29. The number of thiazole rings is 1. The van der Waals surface area contributed by atoms with Gasteiger partial charge < -0.3 is 0 Å². The third-order valence-electron chi connectivity index (χ3n) is 1.79. The molecule has 0 radical (unpaired) electrons. The SMILES string of the molecule is CC.CCSc1nc2ccc(C)cc2s1. The maximum Gasteiger partial charge on any atom is 0.151 e. The molecule has 2 aromatic rings. The summed E-state index contributed by atoms with van der Waals surface area (Å²) in [5.41, 5.74) is 2.44. The topological polar surface area (TPSA) is 12.9 Å². The van der Waals surface area contributed by atoms with Crippen molar-refractivity contribution < 1.29 is 0 Å². The molecule has 0 atom stereocenters. The molecule has 0 N–H and O–H groups in total. The van der Waals surface area contributed by atoms with Crippen LogP contribution in [0.15, 0.2) is 22.5 Å². The maximum atomic E-state index is 4.53. The highest BCUT2D eigenvalue weighted by Gasteiger charge is 2.02. The molecule has 0 unspecified atom stereocenters. The molecule has 1 nitrogen and oxygen atoms in total. The number of benzene rings is 1. The van der Waals surface area contributed by atoms with E-state index < -0.39 is 0 Å². The van der Waals surface area contributed by atoms with Crippen LogP contribution in [0.4, 0.5) is 0 Å². The normalized spacial score (nSPS) is 9.87. The first kappa shape index (κ1) is 12.5. The van der Waals surface area contributed by atoms with Gasteiger partial charge in [-0.05, 0) is 30.4 Å². The monoisotopic (exact) mass is 239 g/mol. The van der Waals surface area contributed by atoms with Gasteiger partial charge in [0.1, 0.15) is 0 Å². The summed E-state index contributed by atoms with van der Waals surface area (Å²) in [6, 6.07) is 6.41. The number of hydrogen-bond donors (Lipinski definition) is 0. The van der Waals surface area contributed by atoms with Gasteiger partial charge in [-0.25, -0.2) is 4.98 Å². The van der Waals surface area contributed by atoms with E-state index in [1.54, 1.807) is 11.3 Å². The number of rotatable bonds is 2. The highest BCUT2D eigenvalue weighted by atomic mass is 32.2. The second-order valence-corrected chi connectivity index (χ2v) is 5.43. The molecule has 82 valence electrons. The molecule has 1 aromatic heterocycles. The lowest BCUT2D eigenvalue weighted by atomic mass is 10.2. The molecular weight excluding hydrogens is 222 g/mol. The summed E-state index contributed by atoms with van der Waals surface area (Å²) >= 11 is 3.60. The summed E-state index contributed by atoms with van der Waals surface area (Å²) in [4.78, 5) is 4.53. The van der Waals surface area contributed by atoms with Crippen molar-refractivity contribution in [2.24, 2.45) is 0 Å². The number of fused-ring (bicyclic) bond motifs is 1. The minimum Gasteiger partial charge on any atom is -0.230 e. The van der Waals surface area contributed by atoms with Gasteiger partial charge in [0.15, 0.2) is 4.34 Å². The first-order valence-electron chi connectivity index (χ1n) is 5.29. The molecule has 3 heteroatoms. The van der Waals surface area contributed by atoms with Gasteiger partial charge in [-0.2, -0.15) is 0 Å². The summed E-state index contributed by atoms with van der Waals surface area (Å²) in [6.45, 7) is 8.27. The van der Waals surface area contributed by atoms with Crippen LogP contribution in [-0.2, 0) is 0 Å². The Morgan fingerprint density at radius 2 is 2.07 bits per heavy atom. The Morgan fingerprint density at radius 3 is 2.73 bits per heavy atom. The standard InChI is InChI=1S/C10H11NS2.C2H6/c1-3-12-10-11-8-5-4-7(2)6-9(8)13-10;1-2/h4-6H,3H2,1-2H3;1-2H3. The van der Waals surface area contributed by atoms with E-state index in [9.17, 15) is 0 Å². The van der Waals surface area contributed by atoms with E-state index in [4.69, 9.17) is 0 Å². The second-order valence-electron chi connectivity index (χ2n) is 2.88. The average Bonchev–Trinajstić information content (AvgIpc) is 2.63. The third kappa shape index (κ3) is 3.21. The number of hydrogen-bond acceptors (Lipinski definition) is 3. The van der Waals surface area contributed by atoms with Crippen molar-refractivity contribution >= 4 is 33.3 Å². The van der Waals surface area contributed by atoms with E-state index in [0.717, 1.165) is 11.3 Å². The zero-order valence-electron chi connectivity index (χ0n) is 9.70. The fourth-order valence-corrected chi connectivity index (χ4v) is 3.26. The lowest BCUT2D eigenvalue weighted by molar-refractivity contribution is 1.29. The van der Waals surface area contributed by atoms with Gasteiger partial charge >= 0.3 is 0 Å². The molecule has 0 aliphatic rings. The molecular formula is C12H17NS2. The minimum absolute atomic E-state index is 1.10. The minimum atomic E-state index is 1.10. The van der Waals surface area contributed by atoms with Crippen LogP contribution in [0.5, 0.6) is 0 Å². The van der Waals surface area contributed by atoms with E-state index >= 15 is 0 Å². The van der Waals surface area contributed by atoms with Gasteiger partial charge in [0.05, 0.1) is 10.2 Å². The molecule has 15 heavy (non-hydrogen) atoms. The Morgan fingerprint density at radius 1 is 1.33 bits per heavy atom. The zero-order valence-corrected chi connectivity index (χ0v) is 11.3. The van der Waals surface area contributed by atoms with Crippen molar-refractivity contribution in [3.05, 3.63) is 23.8 Å². The molecule has 2 rings (SSSR count). The molecule has 0 saturated heterocycles. The van der Waals surface area contributed by atoms with Crippen LogP contribution in [0.2, 0.25) is 0 Å². The van der Waals surface area contributed by atoms with Crippen LogP contribution in [0, 0.1) is 6.92 Å². The van der Waals surface area contributed by atoms with E-state index in [2.05, 4.69) is 37.0 Å². The predicted octanol–water partition coefficient (Wildman–Crippen LogP) is 4.74. The lowest BCUT2D eigenvalue weighted by Gasteiger charge is -1.88. The van der Waals surface area contributed by atoms with Crippen molar-refractivity contribution in [2.45, 2.75) is 32.0 Å². The van der Waals surface area contributed by atoms with E-state index in [0.29, 0.717) is 0 Å². The highest BCUT2D eigenvalue weighted by Crippen LogP contribution is 2.29. The number of aryl methyl sites for hydroxylation is 1. The van der Waals surface area contributed by atoms with E-state index in [1.165, 1.54) is 14.6 Å². The van der Waals surface area contributed by atoms with E-state index in [-0.39, 0.29) is 0 Å². The largest absolute Gasteiger partial charge is 0.230 e. The fourth-order valence-electron chi connectivity index (χ4n) is 1.20. The summed E-state index contributed by atoms with van der Waals surface area (Å²) in [7, 11) is 0. The second kappa shape index (κ2) is 6.13. The van der Waals surface area contributed by atoms with Crippen LogP contribution in [0.1, 0.15) is 26.3 Å². The Hall–Kier alpha value is -0.540. The van der Waals surface area contributed by atoms with Crippen LogP contribution in [0.25, 0.3) is 10.2 Å². The first-order valence-corrected chi connectivity index (χ1v) is 7.10. The van der Waals surface area contributed by atoms with Crippen molar-refractivity contribution in [3.63, 3.8) is 0 Å². The van der Waals surface area contributed by atoms with Gasteiger partial charge in [-0.3, -0.25) is 0 Å². The fraction of sp³-hybridized carbons (Fsp3) is 0.417. The quantitative estimate of drug-likeness (QED) is 0.702. The lowest BCUT2D eigenvalue weighted by Crippen LogP contribution is -1.71. The summed E-state index contributed by atoms with van der Waals surface area (Å²) in [5.74, 6) is 1.10. The van der Waals surface area contributed by atoms with Crippen LogP contribution in [0.3, 0.4) is 0 Å². The smallest absolute Gasteiger partial charge is 0.151 e. The van der Waals surface area contributed by atoms with Crippen molar-refractivity contribution in [1.82, 2.24) is 4.98 Å². The molecule has 1 aromatic carbocycles. The number of nitrogens with zero attached hydrogens (tertiary/aromatic N) is 1. The number of thioether (sulfide) groups is 1. The van der Waals surface area contributed by atoms with Crippen molar-refractivity contribution in [1.29, 1.82) is 0 Å². The Bertz CT molecular complexity index is 420. The highest BCUT2D eigenvalue weighted by molar-refractivity contribution is 8.01. The van der Waals surface area contributed by atoms with Gasteiger partial charge in [0.25, 0.3) is 0 Å². The molecule has 0 saturated carbocycles. The van der Waals surface area contributed by atoms with Gasteiger partial charge in [0.2, 0.25) is 0 Å².